The van der Waals surface area contributed by atoms with Gasteiger partial charge in [-0.25, -0.2) is 0 Å². The first-order valence-corrected chi connectivity index (χ1v) is 10.3. The van der Waals surface area contributed by atoms with Gasteiger partial charge in [-0.15, -0.1) is 0 Å². The summed E-state index contributed by atoms with van der Waals surface area (Å²) in [4.78, 5) is 0. The van der Waals surface area contributed by atoms with Crippen LogP contribution in [0.15, 0.2) is 22.7 Å². The number of hydrogen-bond acceptors (Lipinski definition) is 1. The Labute approximate surface area is 117 Å². The van der Waals surface area contributed by atoms with Crippen LogP contribution in [-0.4, -0.2) is 8.32 Å². The molecule has 1 aliphatic carbocycles. The van der Waals surface area contributed by atoms with Crippen LogP contribution in [0.25, 0.3) is 5.76 Å². The molecule has 1 aromatic rings. The topological polar surface area (TPSA) is 9.23 Å². The van der Waals surface area contributed by atoms with E-state index in [0.717, 1.165) is 33.7 Å². The molecular formula is C13H16BrClOSi. The van der Waals surface area contributed by atoms with E-state index in [1.54, 1.807) is 0 Å². The smallest absolute Gasteiger partial charge is 0.242 e. The summed E-state index contributed by atoms with van der Waals surface area (Å²) in [6.07, 6.45) is 4.27. The Morgan fingerprint density at radius 1 is 1.29 bits per heavy atom. The number of allylic oxidation sites excluding steroid dienone is 1. The summed E-state index contributed by atoms with van der Waals surface area (Å²) < 4.78 is 7.22. The van der Waals surface area contributed by atoms with E-state index < -0.39 is 8.32 Å². The predicted molar refractivity (Wildman–Crippen MR) is 79.9 cm³/mol. The second-order valence-corrected chi connectivity index (χ2v) is 11.0. The molecule has 0 radical (unpaired) electrons. The normalized spacial score (nSPS) is 15.2. The molecule has 0 atom stereocenters. The number of hydrogen-bond donors (Lipinski definition) is 0. The van der Waals surface area contributed by atoms with Crippen LogP contribution < -0.4 is 0 Å². The number of fused-ring (bicyclic) bond motifs is 1. The van der Waals surface area contributed by atoms with Crippen molar-refractivity contribution >= 4 is 41.6 Å². The van der Waals surface area contributed by atoms with Gasteiger partial charge in [0.25, 0.3) is 0 Å². The van der Waals surface area contributed by atoms with Gasteiger partial charge in [-0.05, 0) is 56.3 Å². The first-order valence-electron chi connectivity index (χ1n) is 5.74. The maximum atomic E-state index is 6.14. The van der Waals surface area contributed by atoms with Crippen LogP contribution in [0.1, 0.15) is 17.5 Å². The van der Waals surface area contributed by atoms with E-state index in [-0.39, 0.29) is 0 Å². The lowest BCUT2D eigenvalue weighted by molar-refractivity contribution is 0.508. The standard InChI is InChI=1S/C13H16BrClOSi/c1-17(2,3)16-13-6-4-5-10-11(13)7-9(15)8-12(10)14/h6-8H,4-5H2,1-3H3. The molecule has 0 fully saturated rings. The monoisotopic (exact) mass is 330 g/mol. The van der Waals surface area contributed by atoms with Crippen LogP contribution in [0.5, 0.6) is 0 Å². The molecule has 0 spiro atoms. The zero-order chi connectivity index (χ0) is 12.6. The van der Waals surface area contributed by atoms with Crippen molar-refractivity contribution in [2.75, 3.05) is 0 Å². The summed E-state index contributed by atoms with van der Waals surface area (Å²) in [5.74, 6) is 1.01. The zero-order valence-corrected chi connectivity index (χ0v) is 13.7. The summed E-state index contributed by atoms with van der Waals surface area (Å²) in [6, 6.07) is 3.96. The molecular weight excluding hydrogens is 316 g/mol. The molecule has 2 rings (SSSR count). The van der Waals surface area contributed by atoms with Crippen molar-refractivity contribution in [3.8, 4) is 0 Å². The van der Waals surface area contributed by atoms with Crippen molar-refractivity contribution in [2.24, 2.45) is 0 Å². The molecule has 1 nitrogen and oxygen atoms in total. The van der Waals surface area contributed by atoms with Gasteiger partial charge in [0.05, 0.1) is 0 Å². The summed E-state index contributed by atoms with van der Waals surface area (Å²) in [7, 11) is -1.57. The highest BCUT2D eigenvalue weighted by Crippen LogP contribution is 2.36. The third kappa shape index (κ3) is 3.15. The second-order valence-electron chi connectivity index (χ2n) is 5.24. The van der Waals surface area contributed by atoms with E-state index in [4.69, 9.17) is 16.0 Å². The van der Waals surface area contributed by atoms with Crippen molar-refractivity contribution in [3.63, 3.8) is 0 Å². The van der Waals surface area contributed by atoms with Crippen LogP contribution in [-0.2, 0) is 10.8 Å². The zero-order valence-electron chi connectivity index (χ0n) is 10.3. The lowest BCUT2D eigenvalue weighted by Crippen LogP contribution is -2.25. The van der Waals surface area contributed by atoms with Crippen LogP contribution >= 0.6 is 27.5 Å². The number of halogens is 2. The van der Waals surface area contributed by atoms with Crippen molar-refractivity contribution in [1.29, 1.82) is 0 Å². The average Bonchev–Trinajstić information content (AvgIpc) is 2.17. The second kappa shape index (κ2) is 4.79. The van der Waals surface area contributed by atoms with E-state index in [1.807, 2.05) is 12.1 Å². The van der Waals surface area contributed by atoms with E-state index in [0.29, 0.717) is 0 Å². The van der Waals surface area contributed by atoms with Crippen molar-refractivity contribution in [1.82, 2.24) is 0 Å². The molecule has 0 bridgehead atoms. The summed E-state index contributed by atoms with van der Waals surface area (Å²) in [5.41, 5.74) is 2.46. The van der Waals surface area contributed by atoms with Gasteiger partial charge >= 0.3 is 0 Å². The van der Waals surface area contributed by atoms with Crippen LogP contribution in [0.2, 0.25) is 24.7 Å². The van der Waals surface area contributed by atoms with Gasteiger partial charge in [0.1, 0.15) is 5.76 Å². The Kier molecular flexibility index (Phi) is 3.71. The average molecular weight is 332 g/mol. The van der Waals surface area contributed by atoms with Gasteiger partial charge in [0.15, 0.2) is 0 Å². The maximum absolute atomic E-state index is 6.14. The molecule has 4 heteroatoms. The Morgan fingerprint density at radius 3 is 2.65 bits per heavy atom. The Hall–Kier alpha value is -0.253. The molecule has 0 aromatic heterocycles. The van der Waals surface area contributed by atoms with Crippen LogP contribution in [0, 0.1) is 0 Å². The molecule has 0 unspecified atom stereocenters. The first kappa shape index (κ1) is 13.2. The molecule has 0 amide bonds. The number of benzene rings is 1. The lowest BCUT2D eigenvalue weighted by atomic mass is 9.96. The van der Waals surface area contributed by atoms with E-state index in [9.17, 15) is 0 Å². The van der Waals surface area contributed by atoms with Crippen molar-refractivity contribution < 1.29 is 4.43 Å². The van der Waals surface area contributed by atoms with Crippen molar-refractivity contribution in [3.05, 3.63) is 38.8 Å². The van der Waals surface area contributed by atoms with E-state index in [2.05, 4.69) is 41.6 Å². The quantitative estimate of drug-likeness (QED) is 0.673. The van der Waals surface area contributed by atoms with Crippen LogP contribution in [0.3, 0.4) is 0 Å². The minimum Gasteiger partial charge on any atom is -0.544 e. The fraction of sp³-hybridized carbons (Fsp3) is 0.385. The molecule has 0 aliphatic heterocycles. The molecule has 0 N–H and O–H groups in total. The molecule has 0 saturated carbocycles. The highest BCUT2D eigenvalue weighted by molar-refractivity contribution is 9.10. The maximum Gasteiger partial charge on any atom is 0.242 e. The molecule has 1 aromatic carbocycles. The summed E-state index contributed by atoms with van der Waals surface area (Å²) in [5, 5.41) is 0.752. The van der Waals surface area contributed by atoms with Gasteiger partial charge in [0.2, 0.25) is 8.32 Å². The van der Waals surface area contributed by atoms with Gasteiger partial charge in [-0.2, -0.15) is 0 Å². The Balaban J connectivity index is 2.44. The Morgan fingerprint density at radius 2 is 2.00 bits per heavy atom. The first-order chi connectivity index (χ1) is 7.87. The van der Waals surface area contributed by atoms with Gasteiger partial charge in [0, 0.05) is 15.1 Å². The minimum atomic E-state index is -1.57. The molecule has 17 heavy (non-hydrogen) atoms. The predicted octanol–water partition coefficient (Wildman–Crippen LogP) is 5.24. The fourth-order valence-corrected chi connectivity index (χ4v) is 3.82. The van der Waals surface area contributed by atoms with E-state index >= 15 is 0 Å². The Bertz CT molecular complexity index is 477. The summed E-state index contributed by atoms with van der Waals surface area (Å²) in [6.45, 7) is 6.59. The third-order valence-corrected chi connectivity index (χ3v) is 4.32. The molecule has 1 aliphatic rings. The fourth-order valence-electron chi connectivity index (χ4n) is 1.96. The molecule has 0 saturated heterocycles. The van der Waals surface area contributed by atoms with Gasteiger partial charge in [-0.1, -0.05) is 27.5 Å². The summed E-state index contributed by atoms with van der Waals surface area (Å²) >= 11 is 9.70. The van der Waals surface area contributed by atoms with Gasteiger partial charge in [-0.3, -0.25) is 0 Å². The molecule has 92 valence electrons. The van der Waals surface area contributed by atoms with Gasteiger partial charge < -0.3 is 4.43 Å². The highest BCUT2D eigenvalue weighted by atomic mass is 79.9. The minimum absolute atomic E-state index is 0.752. The van der Waals surface area contributed by atoms with Crippen LogP contribution in [0.4, 0.5) is 0 Å². The number of rotatable bonds is 2. The SMILES string of the molecule is C[Si](C)(C)OC1=CCCc2c(Br)cc(Cl)cc21. The third-order valence-electron chi connectivity index (χ3n) is 2.57. The lowest BCUT2D eigenvalue weighted by Gasteiger charge is -2.26. The van der Waals surface area contributed by atoms with E-state index in [1.165, 1.54) is 5.56 Å². The van der Waals surface area contributed by atoms with Crippen molar-refractivity contribution in [2.45, 2.75) is 32.5 Å². The highest BCUT2D eigenvalue weighted by Gasteiger charge is 2.23. The molecule has 0 heterocycles. The largest absolute Gasteiger partial charge is 0.544 e.